The van der Waals surface area contributed by atoms with Crippen LogP contribution in [-0.2, 0) is 29.0 Å². The summed E-state index contributed by atoms with van der Waals surface area (Å²) in [6, 6.07) is 10.7. The number of esters is 1. The summed E-state index contributed by atoms with van der Waals surface area (Å²) in [6.07, 6.45) is 2.35. The van der Waals surface area contributed by atoms with Gasteiger partial charge in [0.1, 0.15) is 52.5 Å². The molecule has 44 heavy (non-hydrogen) atoms. The Balaban J connectivity index is 1.78. The first kappa shape index (κ1) is 30.6. The van der Waals surface area contributed by atoms with Gasteiger partial charge in [0.05, 0.1) is 12.2 Å². The van der Waals surface area contributed by atoms with Gasteiger partial charge in [0, 0.05) is 35.7 Å². The van der Waals surface area contributed by atoms with Crippen LogP contribution in [0.2, 0.25) is 0 Å². The zero-order valence-electron chi connectivity index (χ0n) is 24.5. The number of phenols is 2. The summed E-state index contributed by atoms with van der Waals surface area (Å²) in [5.74, 6) is -1.37. The molecule has 3 heterocycles. The highest BCUT2D eigenvalue weighted by Crippen LogP contribution is 2.52. The number of aromatic hydroxyl groups is 2. The second-order valence-corrected chi connectivity index (χ2v) is 11.1. The van der Waals surface area contributed by atoms with Gasteiger partial charge in [0.25, 0.3) is 0 Å². The number of nitrogens with two attached hydrogens (primary N) is 1. The number of nitrogens with zero attached hydrogens (tertiary/aromatic N) is 1. The monoisotopic (exact) mass is 602 g/mol. The van der Waals surface area contributed by atoms with Crippen LogP contribution >= 0.6 is 0 Å². The number of carbonyl (C=O) groups is 1. The van der Waals surface area contributed by atoms with E-state index in [4.69, 9.17) is 19.6 Å². The van der Waals surface area contributed by atoms with E-state index in [9.17, 15) is 30.0 Å². The Kier molecular flexibility index (Phi) is 8.36. The molecule has 11 nitrogen and oxygen atoms in total. The van der Waals surface area contributed by atoms with Crippen LogP contribution in [0, 0.1) is 5.92 Å². The van der Waals surface area contributed by atoms with E-state index in [1.165, 1.54) is 12.1 Å². The molecule has 2 aromatic carbocycles. The predicted molar refractivity (Wildman–Crippen MR) is 162 cm³/mol. The molecule has 0 saturated heterocycles. The Bertz CT molecular complexity index is 1810. The summed E-state index contributed by atoms with van der Waals surface area (Å²) in [6.45, 7) is 4.06. The molecule has 0 fully saturated rings. The van der Waals surface area contributed by atoms with E-state index in [0.717, 1.165) is 11.6 Å². The lowest BCUT2D eigenvalue weighted by Crippen LogP contribution is -2.57. The number of pyridine rings is 1. The number of aromatic nitrogens is 1. The Morgan fingerprint density at radius 1 is 1.23 bits per heavy atom. The number of hydrogen-bond acceptors (Lipinski definition) is 11. The molecule has 1 aliphatic rings. The summed E-state index contributed by atoms with van der Waals surface area (Å²) in [7, 11) is 0. The standard InChI is InChI=1S/C33H34N2O9/c1-4-17(2)32(41)43-25-13-23-29(40)28-24(39)12-22(16-37)42-31(28)27(19-6-5-7-21(38)11-19)30(23)44-33(25,3)20(15-36)10-18-8-9-26(34)35-14-18/h4-9,11-12,14,20,25,36-38,40H,10,13,15-16H2,1-3H3,(H2,34,35)/b17-4-/t20-,25+,33-/m0/s1. The largest absolute Gasteiger partial charge is 0.508 e. The molecular formula is C33H34N2O9. The number of fused-ring (bicyclic) bond motifs is 2. The zero-order chi connectivity index (χ0) is 31.8. The number of hydrogen-bond donors (Lipinski definition) is 5. The number of carbonyl (C=O) groups excluding carboxylic acids is 1. The fourth-order valence-corrected chi connectivity index (χ4v) is 5.57. The van der Waals surface area contributed by atoms with Crippen molar-refractivity contribution in [2.45, 2.75) is 51.9 Å². The zero-order valence-corrected chi connectivity index (χ0v) is 24.5. The van der Waals surface area contributed by atoms with Crippen LogP contribution in [0.15, 0.2) is 69.5 Å². The normalized spacial score (nSPS) is 18.8. The van der Waals surface area contributed by atoms with Gasteiger partial charge < -0.3 is 40.1 Å². The molecule has 5 rings (SSSR count). The van der Waals surface area contributed by atoms with Crippen molar-refractivity contribution >= 4 is 22.8 Å². The Morgan fingerprint density at radius 2 is 2.00 bits per heavy atom. The molecule has 6 N–H and O–H groups in total. The van der Waals surface area contributed by atoms with Crippen molar-refractivity contribution in [3.05, 3.63) is 87.4 Å². The van der Waals surface area contributed by atoms with Gasteiger partial charge in [0.2, 0.25) is 0 Å². The molecule has 2 aromatic heterocycles. The lowest BCUT2D eigenvalue weighted by Gasteiger charge is -2.46. The van der Waals surface area contributed by atoms with Crippen LogP contribution in [-0.4, -0.2) is 49.7 Å². The number of aliphatic hydroxyl groups excluding tert-OH is 2. The quantitative estimate of drug-likeness (QED) is 0.146. The predicted octanol–water partition coefficient (Wildman–Crippen LogP) is 3.76. The van der Waals surface area contributed by atoms with E-state index in [-0.39, 0.29) is 58.8 Å². The molecule has 0 radical (unpaired) electrons. The second kappa shape index (κ2) is 12.0. The minimum absolute atomic E-state index is 0.0421. The Hall–Kier alpha value is -4.87. The number of phenolic OH excluding ortho intramolecular Hbond substituents is 2. The third kappa shape index (κ3) is 5.47. The summed E-state index contributed by atoms with van der Waals surface area (Å²) < 4.78 is 18.7. The fraction of sp³-hybridized carbons (Fsp3) is 0.303. The number of ether oxygens (including phenoxy) is 2. The Morgan fingerprint density at radius 3 is 2.64 bits per heavy atom. The van der Waals surface area contributed by atoms with Crippen LogP contribution < -0.4 is 15.9 Å². The SMILES string of the molecule is C/C=C(/C)C(=O)O[C@@H]1Cc2c(c(-c3cccc(O)c3)c3oc(CO)cc(=O)c3c2O)O[C@@]1(C)[C@H](CO)Cc1ccc(N)nc1. The first-order chi connectivity index (χ1) is 21.0. The van der Waals surface area contributed by atoms with Crippen molar-refractivity contribution < 1.29 is 39.1 Å². The van der Waals surface area contributed by atoms with Crippen molar-refractivity contribution in [3.8, 4) is 28.4 Å². The second-order valence-electron chi connectivity index (χ2n) is 11.1. The van der Waals surface area contributed by atoms with E-state index in [0.29, 0.717) is 17.0 Å². The molecule has 0 amide bonds. The number of aliphatic hydroxyl groups is 2. The van der Waals surface area contributed by atoms with Crippen LogP contribution in [0.5, 0.6) is 17.2 Å². The fourth-order valence-electron chi connectivity index (χ4n) is 5.57. The minimum Gasteiger partial charge on any atom is -0.508 e. The average Bonchev–Trinajstić information content (AvgIpc) is 3.00. The maximum absolute atomic E-state index is 13.3. The molecule has 1 aliphatic heterocycles. The summed E-state index contributed by atoms with van der Waals surface area (Å²) >= 11 is 0. The topological polar surface area (TPSA) is 186 Å². The number of allylic oxidation sites excluding steroid dienone is 1. The van der Waals surface area contributed by atoms with Gasteiger partial charge in [0.15, 0.2) is 11.0 Å². The van der Waals surface area contributed by atoms with Crippen LogP contribution in [0.3, 0.4) is 0 Å². The van der Waals surface area contributed by atoms with E-state index in [1.807, 2.05) is 0 Å². The van der Waals surface area contributed by atoms with Crippen LogP contribution in [0.4, 0.5) is 5.82 Å². The summed E-state index contributed by atoms with van der Waals surface area (Å²) in [5.41, 5.74) is 5.62. The summed E-state index contributed by atoms with van der Waals surface area (Å²) in [4.78, 5) is 30.5. The Labute approximate surface area is 252 Å². The van der Waals surface area contributed by atoms with Crippen LogP contribution in [0.1, 0.15) is 37.7 Å². The van der Waals surface area contributed by atoms with Crippen molar-refractivity contribution in [2.75, 3.05) is 12.3 Å². The van der Waals surface area contributed by atoms with Gasteiger partial charge in [-0.2, -0.15) is 0 Å². The highest BCUT2D eigenvalue weighted by molar-refractivity contribution is 6.01. The van der Waals surface area contributed by atoms with E-state index < -0.39 is 41.4 Å². The third-order valence-electron chi connectivity index (χ3n) is 8.26. The molecule has 0 aliphatic carbocycles. The van der Waals surface area contributed by atoms with Gasteiger partial charge >= 0.3 is 5.97 Å². The molecule has 4 aromatic rings. The molecule has 3 atom stereocenters. The van der Waals surface area contributed by atoms with Gasteiger partial charge in [-0.25, -0.2) is 9.78 Å². The maximum Gasteiger partial charge on any atom is 0.333 e. The van der Waals surface area contributed by atoms with Crippen molar-refractivity contribution in [2.24, 2.45) is 5.92 Å². The van der Waals surface area contributed by atoms with Crippen molar-refractivity contribution in [1.29, 1.82) is 0 Å². The van der Waals surface area contributed by atoms with E-state index >= 15 is 0 Å². The third-order valence-corrected chi connectivity index (χ3v) is 8.26. The van der Waals surface area contributed by atoms with Gasteiger partial charge in [-0.15, -0.1) is 0 Å². The first-order valence-electron chi connectivity index (χ1n) is 14.1. The van der Waals surface area contributed by atoms with Gasteiger partial charge in [-0.05, 0) is 56.5 Å². The number of nitrogen functional groups attached to an aromatic ring is 1. The number of rotatable bonds is 8. The highest BCUT2D eigenvalue weighted by atomic mass is 16.6. The molecule has 11 heteroatoms. The molecule has 0 spiro atoms. The molecule has 0 saturated carbocycles. The van der Waals surface area contributed by atoms with Crippen molar-refractivity contribution in [3.63, 3.8) is 0 Å². The lowest BCUT2D eigenvalue weighted by atomic mass is 9.76. The average molecular weight is 603 g/mol. The van der Waals surface area contributed by atoms with E-state index in [1.54, 1.807) is 57.3 Å². The molecular weight excluding hydrogens is 568 g/mol. The smallest absolute Gasteiger partial charge is 0.333 e. The maximum atomic E-state index is 13.3. The lowest BCUT2D eigenvalue weighted by molar-refractivity contribution is -0.166. The minimum atomic E-state index is -1.40. The van der Waals surface area contributed by atoms with Gasteiger partial charge in [-0.1, -0.05) is 24.3 Å². The molecule has 0 bridgehead atoms. The number of benzene rings is 2. The first-order valence-corrected chi connectivity index (χ1v) is 14.1. The molecule has 0 unspecified atom stereocenters. The highest BCUT2D eigenvalue weighted by Gasteiger charge is 2.51. The summed E-state index contributed by atoms with van der Waals surface area (Å²) in [5, 5.41) is 42.2. The van der Waals surface area contributed by atoms with Crippen molar-refractivity contribution in [1.82, 2.24) is 4.98 Å². The molecule has 230 valence electrons. The van der Waals surface area contributed by atoms with Crippen LogP contribution in [0.25, 0.3) is 22.1 Å². The number of anilines is 1. The van der Waals surface area contributed by atoms with Gasteiger partial charge in [-0.3, -0.25) is 4.79 Å². The van der Waals surface area contributed by atoms with E-state index in [2.05, 4.69) is 4.98 Å².